The van der Waals surface area contributed by atoms with Crippen LogP contribution in [0, 0.1) is 0 Å². The van der Waals surface area contributed by atoms with E-state index in [1.807, 2.05) is 26.8 Å². The Balaban J connectivity index is 2.40. The summed E-state index contributed by atoms with van der Waals surface area (Å²) >= 11 is 5.28. The average molecular weight is 418 g/mol. The first kappa shape index (κ1) is 22.3. The number of anilines is 2. The van der Waals surface area contributed by atoms with Crippen LogP contribution in [0.3, 0.4) is 0 Å². The van der Waals surface area contributed by atoms with Gasteiger partial charge in [-0.3, -0.25) is 4.79 Å². The van der Waals surface area contributed by atoms with Crippen LogP contribution in [0.2, 0.25) is 0 Å². The third kappa shape index (κ3) is 5.99. The Bertz CT molecular complexity index is 858. The molecule has 3 N–H and O–H groups in total. The van der Waals surface area contributed by atoms with Crippen molar-refractivity contribution in [3.05, 3.63) is 42.0 Å². The van der Waals surface area contributed by atoms with E-state index in [0.717, 1.165) is 0 Å². The molecule has 7 nitrogen and oxygen atoms in total. The van der Waals surface area contributed by atoms with Crippen molar-refractivity contribution in [1.29, 1.82) is 0 Å². The second-order valence-electron chi connectivity index (χ2n) is 5.85. The maximum atomic E-state index is 12.8. The minimum Gasteiger partial charge on any atom is -0.496 e. The molecule has 0 saturated carbocycles. The lowest BCUT2D eigenvalue weighted by molar-refractivity contribution is 0.102. The topological polar surface area (TPSA) is 80.9 Å². The molecular formula is C21H27N3O4S. The van der Waals surface area contributed by atoms with Crippen molar-refractivity contribution < 1.29 is 19.0 Å². The van der Waals surface area contributed by atoms with Gasteiger partial charge < -0.3 is 30.2 Å². The van der Waals surface area contributed by atoms with E-state index in [9.17, 15) is 4.79 Å². The van der Waals surface area contributed by atoms with Gasteiger partial charge in [-0.25, -0.2) is 0 Å². The maximum absolute atomic E-state index is 12.8. The van der Waals surface area contributed by atoms with Gasteiger partial charge in [0.2, 0.25) is 0 Å². The highest BCUT2D eigenvalue weighted by Crippen LogP contribution is 2.37. The molecule has 0 bridgehead atoms. The fraction of sp³-hybridized carbons (Fsp3) is 0.333. The molecule has 0 aliphatic rings. The van der Waals surface area contributed by atoms with Gasteiger partial charge in [-0.1, -0.05) is 12.1 Å². The van der Waals surface area contributed by atoms with Crippen LogP contribution in [0.1, 0.15) is 31.1 Å². The van der Waals surface area contributed by atoms with Gasteiger partial charge in [0.05, 0.1) is 37.3 Å². The van der Waals surface area contributed by atoms with Crippen molar-refractivity contribution in [2.75, 3.05) is 37.5 Å². The van der Waals surface area contributed by atoms with Crippen molar-refractivity contribution in [2.45, 2.75) is 20.8 Å². The molecule has 0 heterocycles. The van der Waals surface area contributed by atoms with E-state index in [1.165, 1.54) is 7.11 Å². The zero-order valence-electron chi connectivity index (χ0n) is 17.1. The summed E-state index contributed by atoms with van der Waals surface area (Å²) in [4.78, 5) is 12.8. The fourth-order valence-electron chi connectivity index (χ4n) is 2.65. The lowest BCUT2D eigenvalue weighted by Gasteiger charge is -2.19. The Kier molecular flexibility index (Phi) is 8.54. The number of benzene rings is 2. The average Bonchev–Trinajstić information content (AvgIpc) is 2.71. The monoisotopic (exact) mass is 417 g/mol. The molecule has 0 unspecified atom stereocenters. The molecule has 0 atom stereocenters. The molecule has 0 radical (unpaired) electrons. The van der Waals surface area contributed by atoms with Crippen molar-refractivity contribution in [3.63, 3.8) is 0 Å². The minimum atomic E-state index is -0.310. The largest absolute Gasteiger partial charge is 0.496 e. The molecule has 0 saturated heterocycles. The van der Waals surface area contributed by atoms with Crippen LogP contribution in [0.25, 0.3) is 0 Å². The molecule has 2 aromatic carbocycles. The van der Waals surface area contributed by atoms with Crippen LogP contribution in [0.15, 0.2) is 36.4 Å². The first-order valence-corrected chi connectivity index (χ1v) is 9.87. The highest BCUT2D eigenvalue weighted by atomic mass is 32.1. The summed E-state index contributed by atoms with van der Waals surface area (Å²) in [6.07, 6.45) is 0. The lowest BCUT2D eigenvalue weighted by Crippen LogP contribution is -2.28. The number of rotatable bonds is 9. The number of thiocarbonyl (C=S) groups is 1. The van der Waals surface area contributed by atoms with Gasteiger partial charge in [-0.2, -0.15) is 0 Å². The van der Waals surface area contributed by atoms with Crippen LogP contribution in [0.5, 0.6) is 17.2 Å². The van der Waals surface area contributed by atoms with Crippen LogP contribution in [-0.4, -0.2) is 37.9 Å². The molecule has 0 spiro atoms. The van der Waals surface area contributed by atoms with Crippen molar-refractivity contribution >= 4 is 34.6 Å². The summed E-state index contributed by atoms with van der Waals surface area (Å²) in [6.45, 7) is 7.30. The van der Waals surface area contributed by atoms with E-state index >= 15 is 0 Å². The van der Waals surface area contributed by atoms with Crippen molar-refractivity contribution in [1.82, 2.24) is 5.32 Å². The van der Waals surface area contributed by atoms with Crippen LogP contribution < -0.4 is 30.2 Å². The third-order valence-corrected chi connectivity index (χ3v) is 4.11. The molecular weight excluding hydrogens is 390 g/mol. The van der Waals surface area contributed by atoms with E-state index in [2.05, 4.69) is 16.0 Å². The summed E-state index contributed by atoms with van der Waals surface area (Å²) < 4.78 is 16.8. The van der Waals surface area contributed by atoms with Gasteiger partial charge in [0.1, 0.15) is 17.2 Å². The molecule has 2 aromatic rings. The van der Waals surface area contributed by atoms with Crippen LogP contribution >= 0.6 is 12.2 Å². The molecule has 8 heteroatoms. The second kappa shape index (κ2) is 11.1. The predicted octanol–water partition coefficient (Wildman–Crippen LogP) is 4.05. The molecule has 0 aromatic heterocycles. The first-order chi connectivity index (χ1) is 14.0. The second-order valence-corrected chi connectivity index (χ2v) is 6.26. The minimum absolute atomic E-state index is 0.310. The number of hydrogen-bond acceptors (Lipinski definition) is 5. The Morgan fingerprint density at radius 3 is 2.07 bits per heavy atom. The number of methoxy groups -OCH3 is 1. The zero-order chi connectivity index (χ0) is 21.2. The van der Waals surface area contributed by atoms with Gasteiger partial charge in [0.15, 0.2) is 5.11 Å². The SMILES string of the molecule is CCNC(=S)Nc1cc(OCC)c(NC(=O)c2ccccc2OC)cc1OCC. The highest BCUT2D eigenvalue weighted by Gasteiger charge is 2.18. The molecule has 0 fully saturated rings. The number of carbonyl (C=O) groups is 1. The standard InChI is InChI=1S/C21H27N3O4S/c1-5-22-21(29)24-16-13-18(27-6-2)15(12-19(16)28-7-3)23-20(25)14-10-8-9-11-17(14)26-4/h8-13H,5-7H2,1-4H3,(H,23,25)(H2,22,24,29). The van der Waals surface area contributed by atoms with Gasteiger partial charge in [0.25, 0.3) is 5.91 Å². The number of ether oxygens (including phenoxy) is 3. The Morgan fingerprint density at radius 1 is 0.931 bits per heavy atom. The normalized spacial score (nSPS) is 10.1. The van der Waals surface area contributed by atoms with E-state index < -0.39 is 0 Å². The quantitative estimate of drug-likeness (QED) is 0.531. The third-order valence-electron chi connectivity index (χ3n) is 3.87. The Hall–Kier alpha value is -3.00. The summed E-state index contributed by atoms with van der Waals surface area (Å²) in [6, 6.07) is 10.5. The van der Waals surface area contributed by atoms with Gasteiger partial charge >= 0.3 is 0 Å². The predicted molar refractivity (Wildman–Crippen MR) is 120 cm³/mol. The number of carbonyl (C=O) groups excluding carboxylic acids is 1. The summed E-state index contributed by atoms with van der Waals surface area (Å²) in [7, 11) is 1.53. The highest BCUT2D eigenvalue weighted by molar-refractivity contribution is 7.80. The Labute approximate surface area is 176 Å². The zero-order valence-corrected chi connectivity index (χ0v) is 17.9. The fourth-order valence-corrected chi connectivity index (χ4v) is 2.91. The van der Waals surface area contributed by atoms with Crippen LogP contribution in [0.4, 0.5) is 11.4 Å². The van der Waals surface area contributed by atoms with E-state index in [4.69, 9.17) is 26.4 Å². The lowest BCUT2D eigenvalue weighted by atomic mass is 10.1. The number of para-hydroxylation sites is 1. The first-order valence-electron chi connectivity index (χ1n) is 9.46. The number of nitrogens with one attached hydrogen (secondary N) is 3. The molecule has 0 aliphatic heterocycles. The summed E-state index contributed by atoms with van der Waals surface area (Å²) in [5.74, 6) is 1.23. The Morgan fingerprint density at radius 2 is 1.52 bits per heavy atom. The number of amides is 1. The van der Waals surface area contributed by atoms with Crippen molar-refractivity contribution in [2.24, 2.45) is 0 Å². The maximum Gasteiger partial charge on any atom is 0.259 e. The van der Waals surface area contributed by atoms with E-state index in [1.54, 1.807) is 30.3 Å². The van der Waals surface area contributed by atoms with Gasteiger partial charge in [-0.05, 0) is 45.1 Å². The van der Waals surface area contributed by atoms with E-state index in [0.29, 0.717) is 59.1 Å². The summed E-state index contributed by atoms with van der Waals surface area (Å²) in [5, 5.41) is 9.51. The molecule has 29 heavy (non-hydrogen) atoms. The number of hydrogen-bond donors (Lipinski definition) is 3. The molecule has 0 aliphatic carbocycles. The van der Waals surface area contributed by atoms with Crippen molar-refractivity contribution in [3.8, 4) is 17.2 Å². The molecule has 1 amide bonds. The molecule has 2 rings (SSSR count). The molecule has 156 valence electrons. The van der Waals surface area contributed by atoms with Gasteiger partial charge in [0, 0.05) is 18.7 Å². The van der Waals surface area contributed by atoms with Crippen LogP contribution in [-0.2, 0) is 0 Å². The van der Waals surface area contributed by atoms with Gasteiger partial charge in [-0.15, -0.1) is 0 Å². The summed E-state index contributed by atoms with van der Waals surface area (Å²) in [5.41, 5.74) is 1.56. The smallest absolute Gasteiger partial charge is 0.259 e. The van der Waals surface area contributed by atoms with E-state index in [-0.39, 0.29) is 5.91 Å².